The van der Waals surface area contributed by atoms with Crippen LogP contribution in [0.3, 0.4) is 0 Å². The summed E-state index contributed by atoms with van der Waals surface area (Å²) in [5.41, 5.74) is 3.38. The predicted molar refractivity (Wildman–Crippen MR) is 119 cm³/mol. The van der Waals surface area contributed by atoms with Gasteiger partial charge in [0, 0.05) is 19.7 Å². The average molecular weight is 413 g/mol. The molecule has 4 rings (SSSR count). The van der Waals surface area contributed by atoms with E-state index in [0.717, 1.165) is 40.6 Å². The number of carbonyl (C=O) groups excluding carboxylic acids is 1. The molecular formula is C22H24N2O2S2. The topological polar surface area (TPSA) is 32.8 Å². The Morgan fingerprint density at radius 2 is 2.04 bits per heavy atom. The molecule has 0 atom stereocenters. The fraction of sp³-hybridized carbons (Fsp3) is 0.364. The molecule has 0 radical (unpaired) electrons. The second kappa shape index (κ2) is 7.08. The Balaban J connectivity index is 1.71. The number of para-hydroxylation sites is 2. The van der Waals surface area contributed by atoms with Gasteiger partial charge in [-0.1, -0.05) is 56.0 Å². The quantitative estimate of drug-likeness (QED) is 0.490. The molecule has 0 saturated carbocycles. The van der Waals surface area contributed by atoms with E-state index in [1.807, 2.05) is 32.2 Å². The van der Waals surface area contributed by atoms with E-state index in [0.29, 0.717) is 10.9 Å². The Labute approximate surface area is 175 Å². The molecule has 4 nitrogen and oxygen atoms in total. The molecule has 146 valence electrons. The highest BCUT2D eigenvalue weighted by Crippen LogP contribution is 2.45. The van der Waals surface area contributed by atoms with E-state index in [1.165, 1.54) is 17.3 Å². The molecule has 6 heteroatoms. The Bertz CT molecular complexity index is 959. The van der Waals surface area contributed by atoms with E-state index in [9.17, 15) is 4.79 Å². The number of allylic oxidation sites excluding steroid dienone is 4. The van der Waals surface area contributed by atoms with E-state index >= 15 is 0 Å². The zero-order chi connectivity index (χ0) is 20.1. The van der Waals surface area contributed by atoms with E-state index < -0.39 is 0 Å². The molecule has 1 aromatic rings. The van der Waals surface area contributed by atoms with Gasteiger partial charge in [-0.3, -0.25) is 9.69 Å². The Hall–Kier alpha value is -2.05. The van der Waals surface area contributed by atoms with E-state index in [1.54, 1.807) is 4.90 Å². The zero-order valence-corrected chi connectivity index (χ0v) is 18.2. The number of fused-ring (bicyclic) bond motifs is 1. The summed E-state index contributed by atoms with van der Waals surface area (Å²) in [4.78, 5) is 17.3. The fourth-order valence-electron chi connectivity index (χ4n) is 3.97. The minimum absolute atomic E-state index is 0.0371. The summed E-state index contributed by atoms with van der Waals surface area (Å²) in [5.74, 6) is 1.72. The normalized spacial score (nSPS) is 25.3. The van der Waals surface area contributed by atoms with Crippen LogP contribution in [0.25, 0.3) is 0 Å². The van der Waals surface area contributed by atoms with Crippen LogP contribution in [0, 0.1) is 5.41 Å². The number of thiocarbonyl (C=S) groups is 1. The average Bonchev–Trinajstić information content (AvgIpc) is 3.10. The molecule has 0 aromatic heterocycles. The second-order valence-corrected chi connectivity index (χ2v) is 9.76. The summed E-state index contributed by atoms with van der Waals surface area (Å²) >= 11 is 6.82. The number of nitrogens with zero attached hydrogens (tertiary/aromatic N) is 2. The maximum Gasteiger partial charge on any atom is 0.266 e. The fourth-order valence-corrected chi connectivity index (χ4v) is 5.39. The van der Waals surface area contributed by atoms with Crippen molar-refractivity contribution < 1.29 is 9.53 Å². The molecule has 0 N–H and O–H groups in total. The molecule has 1 aromatic carbocycles. The van der Waals surface area contributed by atoms with Gasteiger partial charge in [0.2, 0.25) is 5.88 Å². The molecular weight excluding hydrogens is 388 g/mol. The summed E-state index contributed by atoms with van der Waals surface area (Å²) in [6.45, 7) is 7.06. The van der Waals surface area contributed by atoms with E-state index in [-0.39, 0.29) is 11.3 Å². The van der Waals surface area contributed by atoms with Crippen LogP contribution in [0.2, 0.25) is 0 Å². The Morgan fingerprint density at radius 3 is 2.71 bits per heavy atom. The molecule has 0 bridgehead atoms. The number of ether oxygens (including phenoxy) is 1. The summed E-state index contributed by atoms with van der Waals surface area (Å²) in [6, 6.07) is 8.02. The summed E-state index contributed by atoms with van der Waals surface area (Å²) in [6.07, 6.45) is 6.05. The maximum absolute atomic E-state index is 12.8. The monoisotopic (exact) mass is 412 g/mol. The number of hydrogen-bond acceptors (Lipinski definition) is 5. The van der Waals surface area contributed by atoms with Gasteiger partial charge in [-0.15, -0.1) is 0 Å². The second-order valence-electron chi connectivity index (χ2n) is 8.12. The first-order valence-corrected chi connectivity index (χ1v) is 10.7. The van der Waals surface area contributed by atoms with Gasteiger partial charge in [0.15, 0.2) is 5.75 Å². The summed E-state index contributed by atoms with van der Waals surface area (Å²) in [5, 5.41) is 0. The van der Waals surface area contributed by atoms with Crippen LogP contribution in [-0.2, 0) is 4.79 Å². The summed E-state index contributed by atoms with van der Waals surface area (Å²) < 4.78 is 6.71. The van der Waals surface area contributed by atoms with Crippen LogP contribution in [0.5, 0.6) is 5.75 Å². The highest BCUT2D eigenvalue weighted by Gasteiger charge is 2.36. The van der Waals surface area contributed by atoms with Crippen LogP contribution in [0.15, 0.2) is 58.4 Å². The van der Waals surface area contributed by atoms with Crippen molar-refractivity contribution in [1.82, 2.24) is 4.90 Å². The van der Waals surface area contributed by atoms with Crippen molar-refractivity contribution in [2.24, 2.45) is 5.41 Å². The van der Waals surface area contributed by atoms with Crippen molar-refractivity contribution in [2.45, 2.75) is 33.6 Å². The molecule has 1 saturated heterocycles. The van der Waals surface area contributed by atoms with Crippen molar-refractivity contribution in [3.05, 3.63) is 58.4 Å². The van der Waals surface area contributed by atoms with Gasteiger partial charge in [-0.05, 0) is 48.5 Å². The van der Waals surface area contributed by atoms with Crippen molar-refractivity contribution >= 4 is 39.9 Å². The molecule has 28 heavy (non-hydrogen) atoms. The number of thioether (sulfide) groups is 1. The standard InChI is InChI=1S/C22H24N2O2S2/c1-5-24-20(25)19(28-21(24)27)15-10-14(12-22(2,3)13-15)11-18-23(4)16-8-6-7-9-17(16)26-18/h6-11H,5,12-13H2,1-4H3. The lowest BCUT2D eigenvalue weighted by molar-refractivity contribution is -0.122. The minimum atomic E-state index is 0.0371. The van der Waals surface area contributed by atoms with Crippen molar-refractivity contribution in [3.63, 3.8) is 0 Å². The van der Waals surface area contributed by atoms with Gasteiger partial charge in [-0.25, -0.2) is 0 Å². The van der Waals surface area contributed by atoms with Gasteiger partial charge in [0.1, 0.15) is 4.32 Å². The predicted octanol–water partition coefficient (Wildman–Crippen LogP) is 5.24. The Morgan fingerprint density at radius 1 is 1.29 bits per heavy atom. The van der Waals surface area contributed by atoms with Crippen molar-refractivity contribution in [2.75, 3.05) is 18.5 Å². The number of likely N-dealkylation sites (N-methyl/N-ethyl adjacent to an activating group) is 1. The largest absolute Gasteiger partial charge is 0.439 e. The first-order chi connectivity index (χ1) is 13.3. The van der Waals surface area contributed by atoms with Gasteiger partial charge in [0.25, 0.3) is 5.91 Å². The Kier molecular flexibility index (Phi) is 4.88. The lowest BCUT2D eigenvalue weighted by atomic mass is 9.75. The van der Waals surface area contributed by atoms with E-state index in [4.69, 9.17) is 17.0 Å². The molecule has 1 fully saturated rings. The molecule has 1 aliphatic carbocycles. The number of carbonyl (C=O) groups is 1. The maximum atomic E-state index is 12.8. The molecule has 1 amide bonds. The third kappa shape index (κ3) is 3.40. The molecule has 0 spiro atoms. The highest BCUT2D eigenvalue weighted by atomic mass is 32.2. The number of anilines is 1. The van der Waals surface area contributed by atoms with Crippen molar-refractivity contribution in [3.8, 4) is 5.75 Å². The lowest BCUT2D eigenvalue weighted by Crippen LogP contribution is -2.28. The van der Waals surface area contributed by atoms with Gasteiger partial charge in [-0.2, -0.15) is 0 Å². The molecule has 0 unspecified atom stereocenters. The van der Waals surface area contributed by atoms with Gasteiger partial charge in [0.05, 0.1) is 10.6 Å². The molecule has 3 aliphatic rings. The number of hydrogen-bond donors (Lipinski definition) is 0. The first-order valence-electron chi connectivity index (χ1n) is 9.49. The van der Waals surface area contributed by atoms with Crippen LogP contribution < -0.4 is 9.64 Å². The van der Waals surface area contributed by atoms with Gasteiger partial charge < -0.3 is 9.64 Å². The SMILES string of the molecule is CCN1C(=O)C(=C2C=C(C=C3Oc4ccccc4N3C)CC(C)(C)C2)SC1=S. The summed E-state index contributed by atoms with van der Waals surface area (Å²) in [7, 11) is 2.01. The lowest BCUT2D eigenvalue weighted by Gasteiger charge is -2.31. The third-order valence-corrected chi connectivity index (χ3v) is 6.76. The molecule has 2 aliphatic heterocycles. The van der Waals surface area contributed by atoms with Crippen molar-refractivity contribution in [1.29, 1.82) is 0 Å². The van der Waals surface area contributed by atoms with Gasteiger partial charge >= 0.3 is 0 Å². The smallest absolute Gasteiger partial charge is 0.266 e. The number of rotatable bonds is 2. The number of amides is 1. The van der Waals surface area contributed by atoms with Crippen LogP contribution in [0.4, 0.5) is 5.69 Å². The van der Waals surface area contributed by atoms with Crippen LogP contribution in [0.1, 0.15) is 33.6 Å². The zero-order valence-electron chi connectivity index (χ0n) is 16.6. The van der Waals surface area contributed by atoms with Crippen LogP contribution >= 0.6 is 24.0 Å². The third-order valence-electron chi connectivity index (χ3n) is 5.25. The van der Waals surface area contributed by atoms with Crippen LogP contribution in [-0.4, -0.2) is 28.7 Å². The number of benzene rings is 1. The molecule has 2 heterocycles. The highest BCUT2D eigenvalue weighted by molar-refractivity contribution is 8.26. The minimum Gasteiger partial charge on any atom is -0.439 e. The first kappa shape index (κ1) is 19.3. The van der Waals surface area contributed by atoms with E-state index in [2.05, 4.69) is 37.0 Å².